The molecule has 0 unspecified atom stereocenters. The minimum atomic E-state index is -0.00763. The molecule has 3 nitrogen and oxygen atoms in total. The molecule has 4 heteroatoms. The molecule has 16 heavy (non-hydrogen) atoms. The Balaban J connectivity index is 2.03. The van der Waals surface area contributed by atoms with Gasteiger partial charge in [-0.2, -0.15) is 0 Å². The average molecular weight is 238 g/mol. The van der Waals surface area contributed by atoms with E-state index in [4.69, 9.17) is 11.6 Å². The summed E-state index contributed by atoms with van der Waals surface area (Å²) in [6, 6.07) is 4.63. The number of hydrogen-bond acceptors (Lipinski definition) is 2. The number of hydrogen-bond donors (Lipinski definition) is 2. The molecule has 2 N–H and O–H groups in total. The fraction of sp³-hybridized carbons (Fsp3) is 0.250. The lowest BCUT2D eigenvalue weighted by Crippen LogP contribution is -2.20. The van der Waals surface area contributed by atoms with Gasteiger partial charge in [0.25, 0.3) is 0 Å². The Hall–Kier alpha value is -1.48. The van der Waals surface area contributed by atoms with Gasteiger partial charge in [0, 0.05) is 11.6 Å². The summed E-state index contributed by atoms with van der Waals surface area (Å²) in [6.07, 6.45) is 5.59. The summed E-state index contributed by atoms with van der Waals surface area (Å²) in [5, 5.41) is 12.3. The van der Waals surface area contributed by atoms with Crippen LogP contribution in [0.3, 0.4) is 0 Å². The molecule has 0 heterocycles. The van der Waals surface area contributed by atoms with Gasteiger partial charge in [-0.25, -0.2) is 0 Å². The van der Waals surface area contributed by atoms with Gasteiger partial charge in [0.15, 0.2) is 0 Å². The predicted octanol–water partition coefficient (Wildman–Crippen LogP) is 2.95. The molecule has 0 fully saturated rings. The van der Waals surface area contributed by atoms with Crippen molar-refractivity contribution in [3.63, 3.8) is 0 Å². The molecule has 1 aromatic rings. The molecule has 84 valence electrons. The fourth-order valence-electron chi connectivity index (χ4n) is 1.66. The Labute approximate surface area is 98.7 Å². The molecule has 0 saturated carbocycles. The van der Waals surface area contributed by atoms with Crippen LogP contribution in [0.15, 0.2) is 30.4 Å². The lowest BCUT2D eigenvalue weighted by atomic mass is 10.1. The Morgan fingerprint density at radius 2 is 2.06 bits per heavy atom. The van der Waals surface area contributed by atoms with Gasteiger partial charge in [-0.3, -0.25) is 4.79 Å². The highest BCUT2D eigenvalue weighted by Gasteiger charge is 2.19. The first-order chi connectivity index (χ1) is 7.66. The second kappa shape index (κ2) is 4.58. The maximum atomic E-state index is 11.8. The number of aromatic hydroxyl groups is 1. The third-order valence-electron chi connectivity index (χ3n) is 2.59. The molecular weight excluding hydrogens is 226 g/mol. The normalized spacial score (nSPS) is 15.3. The van der Waals surface area contributed by atoms with Gasteiger partial charge in [-0.1, -0.05) is 23.8 Å². The van der Waals surface area contributed by atoms with Crippen LogP contribution < -0.4 is 5.32 Å². The van der Waals surface area contributed by atoms with E-state index in [1.165, 1.54) is 12.1 Å². The van der Waals surface area contributed by atoms with Crippen LogP contribution in [-0.2, 0) is 4.79 Å². The molecule has 1 aliphatic carbocycles. The minimum Gasteiger partial charge on any atom is -0.506 e. The van der Waals surface area contributed by atoms with Crippen LogP contribution in [0.1, 0.15) is 12.8 Å². The molecule has 1 aromatic carbocycles. The number of anilines is 1. The number of carbonyl (C=O) groups is 1. The van der Waals surface area contributed by atoms with Gasteiger partial charge in [0.1, 0.15) is 5.75 Å². The van der Waals surface area contributed by atoms with Gasteiger partial charge in [0.05, 0.1) is 5.02 Å². The lowest BCUT2D eigenvalue weighted by Gasteiger charge is -2.10. The highest BCUT2D eigenvalue weighted by Crippen LogP contribution is 2.27. The molecule has 0 saturated heterocycles. The molecular formula is C12H12ClNO2. The first-order valence-electron chi connectivity index (χ1n) is 5.11. The molecule has 1 aliphatic rings. The van der Waals surface area contributed by atoms with E-state index < -0.39 is 0 Å². The molecule has 0 aromatic heterocycles. The Kier molecular flexibility index (Phi) is 3.15. The van der Waals surface area contributed by atoms with Crippen molar-refractivity contribution < 1.29 is 9.90 Å². The third-order valence-corrected chi connectivity index (χ3v) is 2.90. The second-order valence-electron chi connectivity index (χ2n) is 3.80. The maximum Gasteiger partial charge on any atom is 0.228 e. The molecule has 0 spiro atoms. The third kappa shape index (κ3) is 2.36. The zero-order chi connectivity index (χ0) is 11.5. The summed E-state index contributed by atoms with van der Waals surface area (Å²) in [5.74, 6) is 0.0292. The quantitative estimate of drug-likeness (QED) is 0.614. The van der Waals surface area contributed by atoms with Crippen LogP contribution in [-0.4, -0.2) is 11.0 Å². The number of benzene rings is 1. The van der Waals surface area contributed by atoms with Crippen LogP contribution in [0.5, 0.6) is 5.75 Å². The van der Waals surface area contributed by atoms with E-state index in [1.54, 1.807) is 6.07 Å². The number of amides is 1. The standard InChI is InChI=1S/C12H12ClNO2/c13-10-7-9(5-6-11(10)15)14-12(16)8-3-1-2-4-8/h1-2,5-8,15H,3-4H2,(H,14,16). The van der Waals surface area contributed by atoms with Crippen LogP contribution in [0.2, 0.25) is 5.02 Å². The van der Waals surface area contributed by atoms with Crippen molar-refractivity contribution in [2.45, 2.75) is 12.8 Å². The van der Waals surface area contributed by atoms with Crippen LogP contribution >= 0.6 is 11.6 Å². The van der Waals surface area contributed by atoms with Gasteiger partial charge in [-0.05, 0) is 31.0 Å². The number of nitrogens with one attached hydrogen (secondary N) is 1. The summed E-state index contributed by atoms with van der Waals surface area (Å²) in [5.41, 5.74) is 0.611. The van der Waals surface area contributed by atoms with Crippen molar-refractivity contribution in [1.82, 2.24) is 0 Å². The first kappa shape index (κ1) is 11.0. The average Bonchev–Trinajstić information content (AvgIpc) is 2.77. The predicted molar refractivity (Wildman–Crippen MR) is 63.6 cm³/mol. The van der Waals surface area contributed by atoms with E-state index in [0.717, 1.165) is 12.8 Å². The number of carbonyl (C=O) groups excluding carboxylic acids is 1. The number of rotatable bonds is 2. The summed E-state index contributed by atoms with van der Waals surface area (Å²) < 4.78 is 0. The highest BCUT2D eigenvalue weighted by atomic mass is 35.5. The van der Waals surface area contributed by atoms with Crippen molar-refractivity contribution in [2.24, 2.45) is 5.92 Å². The zero-order valence-electron chi connectivity index (χ0n) is 8.61. The van der Waals surface area contributed by atoms with Gasteiger partial charge >= 0.3 is 0 Å². The first-order valence-corrected chi connectivity index (χ1v) is 5.49. The van der Waals surface area contributed by atoms with Crippen molar-refractivity contribution in [2.75, 3.05) is 5.32 Å². The lowest BCUT2D eigenvalue weighted by molar-refractivity contribution is -0.119. The topological polar surface area (TPSA) is 49.3 Å². The number of phenols is 1. The summed E-state index contributed by atoms with van der Waals surface area (Å²) >= 11 is 5.74. The number of phenolic OH excluding ortho intramolecular Hbond substituents is 1. The van der Waals surface area contributed by atoms with Crippen molar-refractivity contribution in [3.05, 3.63) is 35.4 Å². The highest BCUT2D eigenvalue weighted by molar-refractivity contribution is 6.32. The van der Waals surface area contributed by atoms with E-state index in [2.05, 4.69) is 5.32 Å². The largest absolute Gasteiger partial charge is 0.506 e. The number of allylic oxidation sites excluding steroid dienone is 2. The van der Waals surface area contributed by atoms with Gasteiger partial charge in [0.2, 0.25) is 5.91 Å². The molecule has 0 radical (unpaired) electrons. The summed E-state index contributed by atoms with van der Waals surface area (Å²) in [6.45, 7) is 0. The van der Waals surface area contributed by atoms with Crippen molar-refractivity contribution in [3.8, 4) is 5.75 Å². The van der Waals surface area contributed by atoms with E-state index in [9.17, 15) is 9.90 Å². The van der Waals surface area contributed by atoms with Gasteiger partial charge < -0.3 is 10.4 Å². The minimum absolute atomic E-state index is 0.00763. The van der Waals surface area contributed by atoms with E-state index in [0.29, 0.717) is 5.69 Å². The van der Waals surface area contributed by atoms with E-state index in [1.807, 2.05) is 12.2 Å². The SMILES string of the molecule is O=C(Nc1ccc(O)c(Cl)c1)C1CC=CC1. The van der Waals surface area contributed by atoms with Gasteiger partial charge in [-0.15, -0.1) is 0 Å². The Bertz CT molecular complexity index is 435. The molecule has 2 rings (SSSR count). The Morgan fingerprint density at radius 1 is 1.38 bits per heavy atom. The summed E-state index contributed by atoms with van der Waals surface area (Å²) in [4.78, 5) is 11.8. The zero-order valence-corrected chi connectivity index (χ0v) is 9.37. The van der Waals surface area contributed by atoms with E-state index in [-0.39, 0.29) is 22.6 Å². The van der Waals surface area contributed by atoms with Crippen LogP contribution in [0.4, 0.5) is 5.69 Å². The summed E-state index contributed by atoms with van der Waals surface area (Å²) in [7, 11) is 0. The molecule has 0 aliphatic heterocycles. The van der Waals surface area contributed by atoms with Crippen molar-refractivity contribution >= 4 is 23.2 Å². The smallest absolute Gasteiger partial charge is 0.228 e. The second-order valence-corrected chi connectivity index (χ2v) is 4.20. The Morgan fingerprint density at radius 3 is 2.69 bits per heavy atom. The van der Waals surface area contributed by atoms with Crippen LogP contribution in [0, 0.1) is 5.92 Å². The fourth-order valence-corrected chi connectivity index (χ4v) is 1.84. The number of halogens is 1. The van der Waals surface area contributed by atoms with Crippen LogP contribution in [0.25, 0.3) is 0 Å². The van der Waals surface area contributed by atoms with E-state index >= 15 is 0 Å². The van der Waals surface area contributed by atoms with Crippen molar-refractivity contribution in [1.29, 1.82) is 0 Å². The maximum absolute atomic E-state index is 11.8. The molecule has 1 amide bonds. The molecule has 0 bridgehead atoms. The molecule has 0 atom stereocenters. The monoisotopic (exact) mass is 237 g/mol.